The molecule has 134 valence electrons. The van der Waals surface area contributed by atoms with Crippen LogP contribution in [-0.4, -0.2) is 57.7 Å². The molecule has 0 spiro atoms. The molecule has 1 saturated heterocycles. The summed E-state index contributed by atoms with van der Waals surface area (Å²) in [5, 5.41) is 6.80. The van der Waals surface area contributed by atoms with Crippen molar-refractivity contribution in [1.29, 1.82) is 0 Å². The van der Waals surface area contributed by atoms with E-state index in [9.17, 15) is 0 Å². The van der Waals surface area contributed by atoms with E-state index >= 15 is 0 Å². The highest BCUT2D eigenvalue weighted by atomic mass is 15.2. The Kier molecular flexibility index (Phi) is 7.89. The quantitative estimate of drug-likeness (QED) is 0.594. The van der Waals surface area contributed by atoms with Crippen LogP contribution in [0.1, 0.15) is 31.7 Å². The Balaban J connectivity index is 1.84. The van der Waals surface area contributed by atoms with Crippen LogP contribution in [0.25, 0.3) is 0 Å². The lowest BCUT2D eigenvalue weighted by Gasteiger charge is -2.26. The molecule has 24 heavy (non-hydrogen) atoms. The van der Waals surface area contributed by atoms with Crippen LogP contribution in [0.3, 0.4) is 0 Å². The number of benzene rings is 1. The Hall–Kier alpha value is -1.75. The van der Waals surface area contributed by atoms with Gasteiger partial charge >= 0.3 is 0 Å². The summed E-state index contributed by atoms with van der Waals surface area (Å²) < 4.78 is 0. The van der Waals surface area contributed by atoms with Crippen molar-refractivity contribution >= 4 is 11.6 Å². The minimum Gasteiger partial charge on any atom is -0.378 e. The number of rotatable bonds is 7. The summed E-state index contributed by atoms with van der Waals surface area (Å²) in [6, 6.07) is 8.54. The van der Waals surface area contributed by atoms with Crippen molar-refractivity contribution in [3.8, 4) is 0 Å². The van der Waals surface area contributed by atoms with Gasteiger partial charge in [-0.1, -0.05) is 18.6 Å². The van der Waals surface area contributed by atoms with Gasteiger partial charge in [-0.2, -0.15) is 0 Å². The average molecular weight is 332 g/mol. The van der Waals surface area contributed by atoms with Gasteiger partial charge in [0.15, 0.2) is 5.96 Å². The van der Waals surface area contributed by atoms with Gasteiger partial charge in [0.1, 0.15) is 0 Å². The first-order chi connectivity index (χ1) is 11.7. The molecular weight excluding hydrogens is 298 g/mol. The van der Waals surface area contributed by atoms with E-state index in [1.807, 2.05) is 0 Å². The molecule has 0 atom stereocenters. The Morgan fingerprint density at radius 3 is 2.67 bits per heavy atom. The Morgan fingerprint density at radius 1 is 1.17 bits per heavy atom. The lowest BCUT2D eigenvalue weighted by atomic mass is 10.1. The van der Waals surface area contributed by atoms with Gasteiger partial charge in [-0.25, -0.2) is 4.99 Å². The molecular formula is C19H33N5. The van der Waals surface area contributed by atoms with Crippen molar-refractivity contribution in [2.45, 2.75) is 32.7 Å². The summed E-state index contributed by atoms with van der Waals surface area (Å²) in [6.45, 7) is 8.21. The number of anilines is 1. The Labute approximate surface area is 147 Å². The van der Waals surface area contributed by atoms with Crippen LogP contribution in [0.15, 0.2) is 29.3 Å². The van der Waals surface area contributed by atoms with Crippen LogP contribution in [-0.2, 0) is 6.54 Å². The number of nitrogens with one attached hydrogen (secondary N) is 2. The summed E-state index contributed by atoms with van der Waals surface area (Å²) in [4.78, 5) is 9.39. The molecule has 0 aliphatic carbocycles. The molecule has 1 aromatic carbocycles. The van der Waals surface area contributed by atoms with Crippen molar-refractivity contribution in [1.82, 2.24) is 15.5 Å². The SMILES string of the molecule is CCNC(=NCc1cccc(N(C)C)c1)NCCN1CCCCC1. The van der Waals surface area contributed by atoms with Crippen LogP contribution in [0.4, 0.5) is 5.69 Å². The minimum absolute atomic E-state index is 0.695. The second kappa shape index (κ2) is 10.2. The lowest BCUT2D eigenvalue weighted by molar-refractivity contribution is 0.232. The zero-order valence-electron chi connectivity index (χ0n) is 15.5. The van der Waals surface area contributed by atoms with Gasteiger partial charge in [0.2, 0.25) is 0 Å². The number of likely N-dealkylation sites (tertiary alicyclic amines) is 1. The van der Waals surface area contributed by atoms with Gasteiger partial charge < -0.3 is 20.4 Å². The van der Waals surface area contributed by atoms with Gasteiger partial charge in [-0.15, -0.1) is 0 Å². The highest BCUT2D eigenvalue weighted by Gasteiger charge is 2.09. The van der Waals surface area contributed by atoms with Gasteiger partial charge in [-0.3, -0.25) is 0 Å². The van der Waals surface area contributed by atoms with Crippen molar-refractivity contribution < 1.29 is 0 Å². The zero-order valence-corrected chi connectivity index (χ0v) is 15.5. The second-order valence-electron chi connectivity index (χ2n) is 6.59. The Bertz CT molecular complexity index is 506. The fraction of sp³-hybridized carbons (Fsp3) is 0.632. The maximum absolute atomic E-state index is 4.72. The predicted octanol–water partition coefficient (Wildman–Crippen LogP) is 2.29. The number of hydrogen-bond acceptors (Lipinski definition) is 3. The van der Waals surface area contributed by atoms with Crippen LogP contribution in [0.2, 0.25) is 0 Å². The molecule has 0 saturated carbocycles. The third kappa shape index (κ3) is 6.40. The minimum atomic E-state index is 0.695. The molecule has 0 aromatic heterocycles. The molecule has 1 fully saturated rings. The predicted molar refractivity (Wildman–Crippen MR) is 104 cm³/mol. The molecule has 5 nitrogen and oxygen atoms in total. The van der Waals surface area contributed by atoms with Gasteiger partial charge in [-0.05, 0) is 50.6 Å². The third-order valence-corrected chi connectivity index (χ3v) is 4.36. The van der Waals surface area contributed by atoms with Crippen LogP contribution in [0.5, 0.6) is 0 Å². The lowest BCUT2D eigenvalue weighted by Crippen LogP contribution is -2.42. The van der Waals surface area contributed by atoms with Crippen LogP contribution >= 0.6 is 0 Å². The number of guanidine groups is 1. The van der Waals surface area contributed by atoms with Crippen molar-refractivity contribution in [2.75, 3.05) is 51.7 Å². The van der Waals surface area contributed by atoms with E-state index < -0.39 is 0 Å². The number of hydrogen-bond donors (Lipinski definition) is 2. The topological polar surface area (TPSA) is 42.9 Å². The first kappa shape index (κ1) is 18.6. The maximum atomic E-state index is 4.72. The molecule has 0 bridgehead atoms. The van der Waals surface area contributed by atoms with Gasteiger partial charge in [0.25, 0.3) is 0 Å². The smallest absolute Gasteiger partial charge is 0.191 e. The summed E-state index contributed by atoms with van der Waals surface area (Å²) in [6.07, 6.45) is 4.08. The standard InChI is InChI=1S/C19H33N5/c1-4-20-19(21-11-14-24-12-6-5-7-13-24)22-16-17-9-8-10-18(15-17)23(2)3/h8-10,15H,4-7,11-14,16H2,1-3H3,(H2,20,21,22). The van der Waals surface area contributed by atoms with Crippen LogP contribution < -0.4 is 15.5 Å². The van der Waals surface area contributed by atoms with Crippen molar-refractivity contribution in [3.63, 3.8) is 0 Å². The third-order valence-electron chi connectivity index (χ3n) is 4.36. The van der Waals surface area contributed by atoms with E-state index in [0.29, 0.717) is 6.54 Å². The fourth-order valence-corrected chi connectivity index (χ4v) is 2.96. The van der Waals surface area contributed by atoms with Gasteiger partial charge in [0.05, 0.1) is 6.54 Å². The van der Waals surface area contributed by atoms with Crippen molar-refractivity contribution in [3.05, 3.63) is 29.8 Å². The van der Waals surface area contributed by atoms with E-state index in [1.54, 1.807) is 0 Å². The van der Waals surface area contributed by atoms with E-state index in [2.05, 4.69) is 65.7 Å². The van der Waals surface area contributed by atoms with E-state index in [0.717, 1.165) is 25.6 Å². The second-order valence-corrected chi connectivity index (χ2v) is 6.59. The summed E-state index contributed by atoms with van der Waals surface area (Å²) >= 11 is 0. The molecule has 2 N–H and O–H groups in total. The summed E-state index contributed by atoms with van der Waals surface area (Å²) in [5.74, 6) is 0.907. The molecule has 0 radical (unpaired) electrons. The van der Waals surface area contributed by atoms with Gasteiger partial charge in [0, 0.05) is 39.4 Å². The van der Waals surface area contributed by atoms with Crippen molar-refractivity contribution in [2.24, 2.45) is 4.99 Å². The highest BCUT2D eigenvalue weighted by Crippen LogP contribution is 2.14. The molecule has 0 amide bonds. The highest BCUT2D eigenvalue weighted by molar-refractivity contribution is 5.79. The molecule has 1 heterocycles. The molecule has 2 rings (SSSR count). The first-order valence-corrected chi connectivity index (χ1v) is 9.20. The first-order valence-electron chi connectivity index (χ1n) is 9.20. The maximum Gasteiger partial charge on any atom is 0.191 e. The molecule has 1 aliphatic heterocycles. The van der Waals surface area contributed by atoms with E-state index in [-0.39, 0.29) is 0 Å². The Morgan fingerprint density at radius 2 is 1.96 bits per heavy atom. The normalized spacial score (nSPS) is 16.0. The molecule has 1 aromatic rings. The average Bonchev–Trinajstić information content (AvgIpc) is 2.61. The largest absolute Gasteiger partial charge is 0.378 e. The summed E-state index contributed by atoms with van der Waals surface area (Å²) in [7, 11) is 4.13. The van der Waals surface area contributed by atoms with Crippen LogP contribution in [0, 0.1) is 0 Å². The number of piperidine rings is 1. The zero-order chi connectivity index (χ0) is 17.2. The number of aliphatic imine (C=N–C) groups is 1. The summed E-state index contributed by atoms with van der Waals surface area (Å²) in [5.41, 5.74) is 2.44. The van der Waals surface area contributed by atoms with E-state index in [4.69, 9.17) is 4.99 Å². The molecule has 0 unspecified atom stereocenters. The monoisotopic (exact) mass is 331 g/mol. The fourth-order valence-electron chi connectivity index (χ4n) is 2.96. The molecule has 1 aliphatic rings. The number of nitrogens with zero attached hydrogens (tertiary/aromatic N) is 3. The van der Waals surface area contributed by atoms with E-state index in [1.165, 1.54) is 43.6 Å². The molecule has 5 heteroatoms.